The van der Waals surface area contributed by atoms with Gasteiger partial charge in [0.1, 0.15) is 23.1 Å². The molecule has 9 heteroatoms. The van der Waals surface area contributed by atoms with Crippen LogP contribution in [0.5, 0.6) is 0 Å². The molecule has 0 bridgehead atoms. The Balaban J connectivity index is 1.49. The highest BCUT2D eigenvalue weighted by atomic mass is 35.5. The fourth-order valence-electron chi connectivity index (χ4n) is 5.51. The lowest BCUT2D eigenvalue weighted by Crippen LogP contribution is -2.58. The number of ketones is 2. The van der Waals surface area contributed by atoms with Gasteiger partial charge < -0.3 is 9.42 Å². The van der Waals surface area contributed by atoms with E-state index in [1.807, 2.05) is 26.0 Å². The zero-order chi connectivity index (χ0) is 28.5. The van der Waals surface area contributed by atoms with Crippen molar-refractivity contribution in [2.24, 2.45) is 11.3 Å². The van der Waals surface area contributed by atoms with Gasteiger partial charge in [0.15, 0.2) is 11.5 Å². The van der Waals surface area contributed by atoms with E-state index in [0.29, 0.717) is 29.1 Å². The SMILES string of the molecule is CC(C)CN1CC(CC(=O)CC(C)(C)c2cc(Cl)cc(Cl)c2)(CC(=O)c2cc(-c3ccc(F)cc3F)on2)C1. The fourth-order valence-corrected chi connectivity index (χ4v) is 6.03. The van der Waals surface area contributed by atoms with E-state index in [-0.39, 0.29) is 47.8 Å². The summed E-state index contributed by atoms with van der Waals surface area (Å²) in [6, 6.07) is 9.76. The van der Waals surface area contributed by atoms with Crippen molar-refractivity contribution < 1.29 is 22.9 Å². The third-order valence-corrected chi connectivity index (χ3v) is 7.56. The lowest BCUT2D eigenvalue weighted by molar-refractivity contribution is -0.126. The fraction of sp³-hybridized carbons (Fsp3) is 0.433. The minimum Gasteiger partial charge on any atom is -0.355 e. The summed E-state index contributed by atoms with van der Waals surface area (Å²) in [5, 5.41) is 4.87. The van der Waals surface area contributed by atoms with E-state index in [1.54, 1.807) is 6.07 Å². The molecule has 4 rings (SSSR count). The minimum absolute atomic E-state index is 0.0166. The summed E-state index contributed by atoms with van der Waals surface area (Å²) >= 11 is 12.4. The first-order valence-electron chi connectivity index (χ1n) is 12.9. The van der Waals surface area contributed by atoms with Crippen molar-refractivity contribution in [3.8, 4) is 11.3 Å². The number of rotatable bonds is 11. The summed E-state index contributed by atoms with van der Waals surface area (Å²) in [5.41, 5.74) is -0.0968. The molecule has 0 amide bonds. The van der Waals surface area contributed by atoms with Gasteiger partial charge in [-0.25, -0.2) is 8.78 Å². The van der Waals surface area contributed by atoms with Crippen LogP contribution in [0.4, 0.5) is 8.78 Å². The van der Waals surface area contributed by atoms with Gasteiger partial charge in [0.2, 0.25) is 0 Å². The first-order chi connectivity index (χ1) is 18.2. The Labute approximate surface area is 237 Å². The normalized spacial score (nSPS) is 15.4. The van der Waals surface area contributed by atoms with Crippen molar-refractivity contribution in [1.82, 2.24) is 10.1 Å². The van der Waals surface area contributed by atoms with Crippen LogP contribution in [0.1, 0.15) is 63.0 Å². The Kier molecular flexibility index (Phi) is 8.64. The second-order valence-electron chi connectivity index (χ2n) is 11.8. The van der Waals surface area contributed by atoms with Crippen LogP contribution in [0.25, 0.3) is 11.3 Å². The molecular weight excluding hydrogens is 545 g/mol. The third-order valence-electron chi connectivity index (χ3n) is 7.12. The van der Waals surface area contributed by atoms with Gasteiger partial charge in [0.25, 0.3) is 0 Å². The van der Waals surface area contributed by atoms with Gasteiger partial charge in [-0.05, 0) is 47.2 Å². The summed E-state index contributed by atoms with van der Waals surface area (Å²) in [6.45, 7) is 10.3. The van der Waals surface area contributed by atoms with E-state index in [1.165, 1.54) is 12.1 Å². The lowest BCUT2D eigenvalue weighted by Gasteiger charge is -2.50. The van der Waals surface area contributed by atoms with Gasteiger partial charge in [-0.3, -0.25) is 9.59 Å². The molecule has 2 aromatic carbocycles. The van der Waals surface area contributed by atoms with Crippen molar-refractivity contribution >= 4 is 34.8 Å². The monoisotopic (exact) mass is 576 g/mol. The van der Waals surface area contributed by atoms with Crippen LogP contribution in [0.3, 0.4) is 0 Å². The highest BCUT2D eigenvalue weighted by Crippen LogP contribution is 2.41. The Hall–Kier alpha value is -2.61. The molecule has 0 aliphatic carbocycles. The van der Waals surface area contributed by atoms with Crippen LogP contribution in [-0.4, -0.2) is 41.3 Å². The molecule has 1 aliphatic heterocycles. The number of hydrogen-bond donors (Lipinski definition) is 0. The van der Waals surface area contributed by atoms with Crippen molar-refractivity contribution in [1.29, 1.82) is 0 Å². The highest BCUT2D eigenvalue weighted by molar-refractivity contribution is 6.34. The molecule has 5 nitrogen and oxygen atoms in total. The summed E-state index contributed by atoms with van der Waals surface area (Å²) in [6.07, 6.45) is 0.610. The van der Waals surface area contributed by atoms with Crippen LogP contribution < -0.4 is 0 Å². The molecule has 39 heavy (non-hydrogen) atoms. The van der Waals surface area contributed by atoms with Crippen molar-refractivity contribution in [2.75, 3.05) is 19.6 Å². The number of nitrogens with zero attached hydrogens (tertiary/aromatic N) is 2. The molecule has 0 spiro atoms. The maximum atomic E-state index is 14.2. The molecule has 3 aromatic rings. The second kappa shape index (κ2) is 11.5. The lowest BCUT2D eigenvalue weighted by atomic mass is 9.69. The van der Waals surface area contributed by atoms with Crippen LogP contribution in [0.2, 0.25) is 10.0 Å². The van der Waals surface area contributed by atoms with Crippen molar-refractivity contribution in [3.05, 3.63) is 75.4 Å². The predicted octanol–water partition coefficient (Wildman–Crippen LogP) is 7.78. The number of hydrogen-bond acceptors (Lipinski definition) is 5. The van der Waals surface area contributed by atoms with Gasteiger partial charge in [-0.15, -0.1) is 0 Å². The van der Waals surface area contributed by atoms with Crippen LogP contribution in [0, 0.1) is 23.0 Å². The second-order valence-corrected chi connectivity index (χ2v) is 12.7. The third kappa shape index (κ3) is 7.13. The maximum Gasteiger partial charge on any atom is 0.185 e. The standard InChI is InChI=1S/C30H32Cl2F2N2O3/c1-18(2)15-36-16-30(17-36,13-23(37)12-29(3,4)19-7-20(31)9-21(32)8-19)14-27(38)26-11-28(39-35-26)24-6-5-22(33)10-25(24)34/h5-11,18H,12-17H2,1-4H3. The van der Waals surface area contributed by atoms with Gasteiger partial charge >= 0.3 is 0 Å². The summed E-state index contributed by atoms with van der Waals surface area (Å²) in [5.74, 6) is -1.27. The largest absolute Gasteiger partial charge is 0.355 e. The van der Waals surface area contributed by atoms with E-state index in [0.717, 1.165) is 24.2 Å². The Morgan fingerprint density at radius 1 is 1.05 bits per heavy atom. The molecule has 0 radical (unpaired) electrons. The van der Waals surface area contributed by atoms with E-state index in [9.17, 15) is 18.4 Å². The van der Waals surface area contributed by atoms with Crippen molar-refractivity contribution in [3.63, 3.8) is 0 Å². The molecule has 1 aromatic heterocycles. The quantitative estimate of drug-likeness (QED) is 0.218. The minimum atomic E-state index is -0.806. The number of carbonyl (C=O) groups is 2. The average molecular weight is 577 g/mol. The number of likely N-dealkylation sites (tertiary alicyclic amines) is 1. The molecule has 1 aliphatic rings. The number of benzene rings is 2. The first kappa shape index (κ1) is 29.4. The zero-order valence-electron chi connectivity index (χ0n) is 22.5. The first-order valence-corrected chi connectivity index (χ1v) is 13.7. The topological polar surface area (TPSA) is 63.4 Å². The molecule has 0 atom stereocenters. The Morgan fingerprint density at radius 3 is 2.33 bits per heavy atom. The maximum absolute atomic E-state index is 14.2. The van der Waals surface area contributed by atoms with Crippen LogP contribution in [0.15, 0.2) is 47.0 Å². The highest BCUT2D eigenvalue weighted by Gasteiger charge is 2.46. The van der Waals surface area contributed by atoms with E-state index in [4.69, 9.17) is 27.7 Å². The predicted molar refractivity (Wildman–Crippen MR) is 148 cm³/mol. The number of Topliss-reactive ketones (excluding diaryl/α,β-unsaturated/α-hetero) is 2. The van der Waals surface area contributed by atoms with E-state index in [2.05, 4.69) is 23.9 Å². The molecular formula is C30H32Cl2F2N2O3. The van der Waals surface area contributed by atoms with Gasteiger partial charge in [0, 0.05) is 66.5 Å². The molecule has 1 fully saturated rings. The zero-order valence-corrected chi connectivity index (χ0v) is 24.0. The van der Waals surface area contributed by atoms with E-state index >= 15 is 0 Å². The average Bonchev–Trinajstić information content (AvgIpc) is 3.26. The Morgan fingerprint density at radius 2 is 1.72 bits per heavy atom. The number of aromatic nitrogens is 1. The molecule has 208 valence electrons. The van der Waals surface area contributed by atoms with Crippen LogP contribution in [-0.2, 0) is 10.2 Å². The number of carbonyl (C=O) groups excluding carboxylic acids is 2. The molecule has 0 saturated carbocycles. The van der Waals surface area contributed by atoms with Crippen molar-refractivity contribution in [2.45, 2.75) is 52.4 Å². The van der Waals surface area contributed by atoms with Gasteiger partial charge in [0.05, 0.1) is 5.56 Å². The van der Waals surface area contributed by atoms with Gasteiger partial charge in [-0.2, -0.15) is 0 Å². The molecule has 2 heterocycles. The van der Waals surface area contributed by atoms with E-state index < -0.39 is 22.5 Å². The van der Waals surface area contributed by atoms with Crippen LogP contribution >= 0.6 is 23.2 Å². The smallest absolute Gasteiger partial charge is 0.185 e. The van der Waals surface area contributed by atoms with Gasteiger partial charge in [-0.1, -0.05) is 56.1 Å². The molecule has 1 saturated heterocycles. The molecule has 0 N–H and O–H groups in total. The molecule has 0 unspecified atom stereocenters. The Bertz CT molecular complexity index is 1360. The summed E-state index contributed by atoms with van der Waals surface area (Å²) in [4.78, 5) is 28.9. The summed E-state index contributed by atoms with van der Waals surface area (Å²) < 4.78 is 32.7. The number of halogens is 4. The summed E-state index contributed by atoms with van der Waals surface area (Å²) in [7, 11) is 0.